The van der Waals surface area contributed by atoms with E-state index in [1.54, 1.807) is 12.1 Å². The van der Waals surface area contributed by atoms with E-state index in [4.69, 9.17) is 23.2 Å². The van der Waals surface area contributed by atoms with Crippen LogP contribution in [0.25, 0.3) is 0 Å². The van der Waals surface area contributed by atoms with Crippen LogP contribution < -0.4 is 4.90 Å². The van der Waals surface area contributed by atoms with Gasteiger partial charge in [0, 0.05) is 56.8 Å². The fraction of sp³-hybridized carbons (Fsp3) is 0.600. The molecule has 2 heterocycles. The lowest BCUT2D eigenvalue weighted by Crippen LogP contribution is -2.53. The molecule has 2 saturated heterocycles. The van der Waals surface area contributed by atoms with Gasteiger partial charge in [0.1, 0.15) is 0 Å². The van der Waals surface area contributed by atoms with Crippen molar-refractivity contribution in [2.75, 3.05) is 44.2 Å². The maximum atomic E-state index is 12.9. The van der Waals surface area contributed by atoms with Crippen molar-refractivity contribution in [1.82, 2.24) is 9.80 Å². The Kier molecular flexibility index (Phi) is 8.44. The maximum absolute atomic E-state index is 12.9. The molecule has 0 unspecified atom stereocenters. The molecule has 3 rings (SSSR count). The first kappa shape index (κ1) is 23.3. The number of hydrogen-bond acceptors (Lipinski definition) is 4. The number of halogens is 3. The summed E-state index contributed by atoms with van der Waals surface area (Å²) in [6.45, 7) is 9.56. The first-order valence-electron chi connectivity index (χ1n) is 9.64. The van der Waals surface area contributed by atoms with Crippen LogP contribution in [0.2, 0.25) is 5.02 Å². The zero-order valence-electron chi connectivity index (χ0n) is 16.4. The maximum Gasteiger partial charge on any atom is 0.252 e. The molecule has 0 atom stereocenters. The van der Waals surface area contributed by atoms with Crippen molar-refractivity contribution in [3.05, 3.63) is 28.8 Å². The van der Waals surface area contributed by atoms with Crippen LogP contribution in [-0.4, -0.2) is 66.3 Å². The van der Waals surface area contributed by atoms with Gasteiger partial charge in [-0.1, -0.05) is 11.6 Å². The average molecular weight is 449 g/mol. The van der Waals surface area contributed by atoms with Gasteiger partial charge in [0.15, 0.2) is 0 Å². The highest BCUT2D eigenvalue weighted by Gasteiger charge is 2.31. The minimum absolute atomic E-state index is 0. The Hall–Kier alpha value is -1.01. The summed E-state index contributed by atoms with van der Waals surface area (Å²) in [5.41, 5.74) is 1.30. The van der Waals surface area contributed by atoms with Crippen molar-refractivity contribution in [2.45, 2.75) is 32.7 Å². The van der Waals surface area contributed by atoms with Crippen molar-refractivity contribution in [3.63, 3.8) is 0 Å². The van der Waals surface area contributed by atoms with E-state index in [2.05, 4.69) is 23.6 Å². The van der Waals surface area contributed by atoms with Crippen molar-refractivity contribution in [1.29, 1.82) is 0 Å². The van der Waals surface area contributed by atoms with Gasteiger partial charge in [-0.2, -0.15) is 0 Å². The van der Waals surface area contributed by atoms with E-state index in [0.29, 0.717) is 22.5 Å². The average Bonchev–Trinajstić information content (AvgIpc) is 2.67. The second-order valence-corrected chi connectivity index (χ2v) is 8.41. The molecule has 1 aromatic carbocycles. The molecule has 0 aliphatic carbocycles. The molecule has 0 aromatic heterocycles. The van der Waals surface area contributed by atoms with Gasteiger partial charge < -0.3 is 9.80 Å². The predicted molar refractivity (Wildman–Crippen MR) is 117 cm³/mol. The minimum atomic E-state index is -0.509. The molecule has 0 saturated carbocycles. The molecule has 0 N–H and O–H groups in total. The van der Waals surface area contributed by atoms with Crippen LogP contribution in [0, 0.1) is 5.92 Å². The van der Waals surface area contributed by atoms with E-state index in [1.165, 1.54) is 0 Å². The summed E-state index contributed by atoms with van der Waals surface area (Å²) in [6.07, 6.45) is 1.66. The Morgan fingerprint density at radius 3 is 2.14 bits per heavy atom. The van der Waals surface area contributed by atoms with Gasteiger partial charge >= 0.3 is 0 Å². The number of anilines is 1. The third-order valence-electron chi connectivity index (χ3n) is 5.72. The summed E-state index contributed by atoms with van der Waals surface area (Å²) in [5.74, 6) is 0.390. The highest BCUT2D eigenvalue weighted by molar-refractivity contribution is 6.67. The zero-order valence-corrected chi connectivity index (χ0v) is 18.7. The number of benzene rings is 1. The molecule has 8 heteroatoms. The van der Waals surface area contributed by atoms with E-state index < -0.39 is 5.24 Å². The van der Waals surface area contributed by atoms with E-state index >= 15 is 0 Å². The van der Waals surface area contributed by atoms with Crippen molar-refractivity contribution in [2.24, 2.45) is 5.92 Å². The second kappa shape index (κ2) is 10.1. The Morgan fingerprint density at radius 2 is 1.64 bits per heavy atom. The van der Waals surface area contributed by atoms with Crippen molar-refractivity contribution in [3.8, 4) is 0 Å². The number of piperazine rings is 1. The third-order valence-corrected chi connectivity index (χ3v) is 6.24. The SMILES string of the molecule is CC(C)N1CCN(C(=O)C2CCN(c3ccc(C(=O)Cl)cc3Cl)CC2)CC1.Cl. The monoisotopic (exact) mass is 447 g/mol. The highest BCUT2D eigenvalue weighted by Crippen LogP contribution is 2.31. The van der Waals surface area contributed by atoms with Crippen LogP contribution >= 0.6 is 35.6 Å². The van der Waals surface area contributed by atoms with Crippen LogP contribution in [0.15, 0.2) is 18.2 Å². The molecule has 0 bridgehead atoms. The second-order valence-electron chi connectivity index (χ2n) is 7.66. The zero-order chi connectivity index (χ0) is 19.6. The summed E-state index contributed by atoms with van der Waals surface area (Å²) in [4.78, 5) is 30.8. The number of nitrogens with zero attached hydrogens (tertiary/aromatic N) is 3. The Morgan fingerprint density at radius 1 is 1.04 bits per heavy atom. The Bertz CT molecular complexity index is 698. The number of hydrogen-bond donors (Lipinski definition) is 0. The molecular formula is C20H28Cl3N3O2. The van der Waals surface area contributed by atoms with Crippen LogP contribution in [0.5, 0.6) is 0 Å². The van der Waals surface area contributed by atoms with Crippen molar-refractivity contribution >= 4 is 52.4 Å². The standard InChI is InChI=1S/C20H27Cl2N3O2.ClH/c1-14(2)23-9-11-25(12-10-23)20(27)15-5-7-24(8-6-15)18-4-3-16(19(22)26)13-17(18)21;/h3-4,13-15H,5-12H2,1-2H3;1H. The normalized spacial score (nSPS) is 18.9. The third kappa shape index (κ3) is 5.32. The lowest BCUT2D eigenvalue weighted by Gasteiger charge is -2.40. The molecule has 2 fully saturated rings. The van der Waals surface area contributed by atoms with Gasteiger partial charge in [0.05, 0.1) is 10.7 Å². The van der Waals surface area contributed by atoms with Gasteiger partial charge in [0.25, 0.3) is 5.24 Å². The fourth-order valence-corrected chi connectivity index (χ4v) is 4.39. The predicted octanol–water partition coefficient (Wildman–Crippen LogP) is 3.91. The van der Waals surface area contributed by atoms with Crippen molar-refractivity contribution < 1.29 is 9.59 Å². The van der Waals surface area contributed by atoms with Crippen LogP contribution in [0.3, 0.4) is 0 Å². The largest absolute Gasteiger partial charge is 0.370 e. The van der Waals surface area contributed by atoms with Gasteiger partial charge in [-0.05, 0) is 56.5 Å². The number of rotatable bonds is 4. The van der Waals surface area contributed by atoms with E-state index in [1.807, 2.05) is 11.0 Å². The summed E-state index contributed by atoms with van der Waals surface area (Å²) >= 11 is 11.8. The minimum Gasteiger partial charge on any atom is -0.370 e. The Labute approximate surface area is 183 Å². The van der Waals surface area contributed by atoms with Crippen LogP contribution in [0.1, 0.15) is 37.0 Å². The van der Waals surface area contributed by atoms with Gasteiger partial charge in [-0.15, -0.1) is 12.4 Å². The molecule has 0 spiro atoms. The molecule has 28 heavy (non-hydrogen) atoms. The first-order valence-corrected chi connectivity index (χ1v) is 10.4. The van der Waals surface area contributed by atoms with E-state index in [0.717, 1.165) is 57.8 Å². The quantitative estimate of drug-likeness (QED) is 0.655. The van der Waals surface area contributed by atoms with Crippen LogP contribution in [0.4, 0.5) is 5.69 Å². The molecular weight excluding hydrogens is 421 g/mol. The summed E-state index contributed by atoms with van der Waals surface area (Å²) in [6, 6.07) is 5.68. The summed E-state index contributed by atoms with van der Waals surface area (Å²) in [7, 11) is 0. The highest BCUT2D eigenvalue weighted by atomic mass is 35.5. The molecule has 1 amide bonds. The molecule has 1 aromatic rings. The fourth-order valence-electron chi connectivity index (χ4n) is 3.97. The molecule has 156 valence electrons. The first-order chi connectivity index (χ1) is 12.9. The smallest absolute Gasteiger partial charge is 0.252 e. The number of piperidine rings is 1. The molecule has 5 nitrogen and oxygen atoms in total. The lowest BCUT2D eigenvalue weighted by atomic mass is 9.94. The van der Waals surface area contributed by atoms with Crippen LogP contribution in [-0.2, 0) is 4.79 Å². The summed E-state index contributed by atoms with van der Waals surface area (Å²) < 4.78 is 0. The number of carbonyl (C=O) groups excluding carboxylic acids is 2. The lowest BCUT2D eigenvalue weighted by molar-refractivity contribution is -0.138. The topological polar surface area (TPSA) is 43.9 Å². The van der Waals surface area contributed by atoms with Gasteiger partial charge in [-0.3, -0.25) is 14.5 Å². The Balaban J connectivity index is 0.00000280. The molecule has 0 radical (unpaired) electrons. The number of carbonyl (C=O) groups is 2. The summed E-state index contributed by atoms with van der Waals surface area (Å²) in [5, 5.41) is 0.0152. The van der Waals surface area contributed by atoms with E-state index in [-0.39, 0.29) is 18.3 Å². The number of amides is 1. The molecule has 2 aliphatic rings. The van der Waals surface area contributed by atoms with Gasteiger partial charge in [-0.25, -0.2) is 0 Å². The van der Waals surface area contributed by atoms with Gasteiger partial charge in [0.2, 0.25) is 5.91 Å². The van der Waals surface area contributed by atoms with E-state index in [9.17, 15) is 9.59 Å². The molecule has 2 aliphatic heterocycles.